The van der Waals surface area contributed by atoms with Gasteiger partial charge < -0.3 is 14.7 Å². The van der Waals surface area contributed by atoms with Gasteiger partial charge in [-0.1, -0.05) is 26.8 Å². The molecule has 2 aliphatic rings. The SMILES string of the molecule is CC(C)(C)C(=O)N1CCC(C(=O)N2CCN(c3ccccn3)CC2)CC1. The Hall–Kier alpha value is -2.11. The summed E-state index contributed by atoms with van der Waals surface area (Å²) in [4.78, 5) is 35.8. The van der Waals surface area contributed by atoms with E-state index in [4.69, 9.17) is 0 Å². The van der Waals surface area contributed by atoms with Crippen LogP contribution in [0.25, 0.3) is 0 Å². The second-order valence-corrected chi connectivity index (χ2v) is 8.32. The lowest BCUT2D eigenvalue weighted by Gasteiger charge is -2.39. The summed E-state index contributed by atoms with van der Waals surface area (Å²) >= 11 is 0. The van der Waals surface area contributed by atoms with Crippen molar-refractivity contribution < 1.29 is 9.59 Å². The van der Waals surface area contributed by atoms with Crippen molar-refractivity contribution in [1.29, 1.82) is 0 Å². The maximum absolute atomic E-state index is 12.9. The summed E-state index contributed by atoms with van der Waals surface area (Å²) in [5.41, 5.74) is -0.349. The average Bonchev–Trinajstić information content (AvgIpc) is 2.67. The van der Waals surface area contributed by atoms with Gasteiger partial charge in [-0.2, -0.15) is 0 Å². The van der Waals surface area contributed by atoms with Gasteiger partial charge in [0.25, 0.3) is 0 Å². The Morgan fingerprint density at radius 3 is 2.15 bits per heavy atom. The normalized spacial score (nSPS) is 19.6. The second-order valence-electron chi connectivity index (χ2n) is 8.32. The molecule has 0 saturated carbocycles. The van der Waals surface area contributed by atoms with Gasteiger partial charge in [-0.05, 0) is 25.0 Å². The molecule has 2 amide bonds. The number of carbonyl (C=O) groups excluding carboxylic acids is 2. The van der Waals surface area contributed by atoms with Crippen molar-refractivity contribution in [3.63, 3.8) is 0 Å². The zero-order valence-electron chi connectivity index (χ0n) is 16.1. The van der Waals surface area contributed by atoms with Crippen LogP contribution in [0.15, 0.2) is 24.4 Å². The lowest BCUT2D eigenvalue weighted by Crippen LogP contribution is -2.52. The minimum absolute atomic E-state index is 0.0559. The molecule has 2 saturated heterocycles. The van der Waals surface area contributed by atoms with E-state index in [1.54, 1.807) is 6.20 Å². The van der Waals surface area contributed by atoms with Crippen molar-refractivity contribution in [3.05, 3.63) is 24.4 Å². The Kier molecular flexibility index (Phi) is 5.49. The number of anilines is 1. The predicted molar refractivity (Wildman–Crippen MR) is 102 cm³/mol. The zero-order valence-corrected chi connectivity index (χ0v) is 16.1. The van der Waals surface area contributed by atoms with E-state index in [2.05, 4.69) is 9.88 Å². The smallest absolute Gasteiger partial charge is 0.227 e. The van der Waals surface area contributed by atoms with E-state index in [1.165, 1.54) is 0 Å². The number of amides is 2. The number of nitrogens with zero attached hydrogens (tertiary/aromatic N) is 4. The molecule has 0 unspecified atom stereocenters. The highest BCUT2D eigenvalue weighted by atomic mass is 16.2. The topological polar surface area (TPSA) is 56.8 Å². The fourth-order valence-corrected chi connectivity index (χ4v) is 3.76. The van der Waals surface area contributed by atoms with Crippen molar-refractivity contribution in [2.24, 2.45) is 11.3 Å². The van der Waals surface area contributed by atoms with Crippen LogP contribution in [0.1, 0.15) is 33.6 Å². The number of carbonyl (C=O) groups is 2. The Bertz CT molecular complexity index is 625. The first-order chi connectivity index (χ1) is 12.4. The molecule has 26 heavy (non-hydrogen) atoms. The molecule has 1 aromatic heterocycles. The van der Waals surface area contributed by atoms with E-state index in [0.717, 1.165) is 44.8 Å². The Morgan fingerprint density at radius 1 is 0.962 bits per heavy atom. The molecule has 142 valence electrons. The Balaban J connectivity index is 1.48. The quantitative estimate of drug-likeness (QED) is 0.812. The van der Waals surface area contributed by atoms with E-state index in [0.29, 0.717) is 13.1 Å². The molecule has 6 heteroatoms. The third-order valence-corrected chi connectivity index (χ3v) is 5.34. The fourth-order valence-electron chi connectivity index (χ4n) is 3.76. The third kappa shape index (κ3) is 4.17. The molecule has 0 aromatic carbocycles. The van der Waals surface area contributed by atoms with Crippen LogP contribution >= 0.6 is 0 Å². The van der Waals surface area contributed by atoms with Crippen molar-refractivity contribution in [2.45, 2.75) is 33.6 Å². The number of hydrogen-bond acceptors (Lipinski definition) is 4. The van der Waals surface area contributed by atoms with Gasteiger partial charge in [0.1, 0.15) is 5.82 Å². The molecule has 6 nitrogen and oxygen atoms in total. The molecule has 0 aliphatic carbocycles. The van der Waals surface area contributed by atoms with Crippen LogP contribution in [0.2, 0.25) is 0 Å². The van der Waals surface area contributed by atoms with Crippen LogP contribution in [0.4, 0.5) is 5.82 Å². The van der Waals surface area contributed by atoms with Crippen LogP contribution in [0.5, 0.6) is 0 Å². The van der Waals surface area contributed by atoms with Crippen molar-refractivity contribution in [1.82, 2.24) is 14.8 Å². The highest BCUT2D eigenvalue weighted by Crippen LogP contribution is 2.25. The van der Waals surface area contributed by atoms with E-state index >= 15 is 0 Å². The minimum Gasteiger partial charge on any atom is -0.353 e. The predicted octanol–water partition coefficient (Wildman–Crippen LogP) is 2.01. The fraction of sp³-hybridized carbons (Fsp3) is 0.650. The van der Waals surface area contributed by atoms with Crippen molar-refractivity contribution in [3.8, 4) is 0 Å². The number of aromatic nitrogens is 1. The van der Waals surface area contributed by atoms with Gasteiger partial charge in [0.2, 0.25) is 11.8 Å². The first kappa shape index (κ1) is 18.7. The molecule has 3 rings (SSSR count). The molecule has 0 N–H and O–H groups in total. The standard InChI is InChI=1S/C20H30N4O2/c1-20(2,3)19(26)24-10-7-16(8-11-24)18(25)23-14-12-22(13-15-23)17-6-4-5-9-21-17/h4-6,9,16H,7-8,10-15H2,1-3H3. The minimum atomic E-state index is -0.349. The van der Waals surface area contributed by atoms with Crippen LogP contribution < -0.4 is 4.90 Å². The maximum atomic E-state index is 12.9. The first-order valence-electron chi connectivity index (χ1n) is 9.60. The number of piperidine rings is 1. The molecule has 2 aliphatic heterocycles. The second kappa shape index (κ2) is 7.64. The summed E-state index contributed by atoms with van der Waals surface area (Å²) in [6.07, 6.45) is 3.36. The molecule has 0 radical (unpaired) electrons. The lowest BCUT2D eigenvalue weighted by atomic mass is 9.90. The van der Waals surface area contributed by atoms with E-state index in [9.17, 15) is 9.59 Å². The molecular weight excluding hydrogens is 328 g/mol. The summed E-state index contributed by atoms with van der Waals surface area (Å²) in [5, 5.41) is 0. The first-order valence-corrected chi connectivity index (χ1v) is 9.60. The molecule has 0 atom stereocenters. The average molecular weight is 358 g/mol. The van der Waals surface area contributed by atoms with E-state index in [-0.39, 0.29) is 23.1 Å². The third-order valence-electron chi connectivity index (χ3n) is 5.34. The van der Waals surface area contributed by atoms with Crippen molar-refractivity contribution >= 4 is 17.6 Å². The Morgan fingerprint density at radius 2 is 1.62 bits per heavy atom. The van der Waals surface area contributed by atoms with Crippen LogP contribution in [-0.2, 0) is 9.59 Å². The van der Waals surface area contributed by atoms with Gasteiger partial charge >= 0.3 is 0 Å². The molecule has 0 spiro atoms. The summed E-state index contributed by atoms with van der Waals surface area (Å²) in [6.45, 7) is 10.4. The van der Waals surface area contributed by atoms with Gasteiger partial charge in [0.05, 0.1) is 0 Å². The van der Waals surface area contributed by atoms with E-state index in [1.807, 2.05) is 48.8 Å². The number of piperazine rings is 1. The van der Waals surface area contributed by atoms with Gasteiger partial charge in [-0.25, -0.2) is 4.98 Å². The molecule has 3 heterocycles. The van der Waals surface area contributed by atoms with Gasteiger partial charge in [-0.3, -0.25) is 9.59 Å². The summed E-state index contributed by atoms with van der Waals surface area (Å²) < 4.78 is 0. The number of hydrogen-bond donors (Lipinski definition) is 0. The van der Waals surface area contributed by atoms with Gasteiger partial charge in [0.15, 0.2) is 0 Å². The molecular formula is C20H30N4O2. The highest BCUT2D eigenvalue weighted by Gasteiger charge is 2.34. The number of rotatable bonds is 2. The van der Waals surface area contributed by atoms with E-state index < -0.39 is 0 Å². The largest absolute Gasteiger partial charge is 0.353 e. The molecule has 0 bridgehead atoms. The van der Waals surface area contributed by atoms with Gasteiger partial charge in [-0.15, -0.1) is 0 Å². The van der Waals surface area contributed by atoms with Crippen LogP contribution in [0.3, 0.4) is 0 Å². The summed E-state index contributed by atoms with van der Waals surface area (Å²) in [7, 11) is 0. The summed E-state index contributed by atoms with van der Waals surface area (Å²) in [5.74, 6) is 1.48. The van der Waals surface area contributed by atoms with Crippen LogP contribution in [-0.4, -0.2) is 65.9 Å². The number of likely N-dealkylation sites (tertiary alicyclic amines) is 1. The monoisotopic (exact) mass is 358 g/mol. The highest BCUT2D eigenvalue weighted by molar-refractivity contribution is 5.83. The number of pyridine rings is 1. The van der Waals surface area contributed by atoms with Crippen molar-refractivity contribution in [2.75, 3.05) is 44.2 Å². The van der Waals surface area contributed by atoms with Crippen LogP contribution in [0, 0.1) is 11.3 Å². The van der Waals surface area contributed by atoms with Gasteiger partial charge in [0, 0.05) is 56.8 Å². The molecule has 1 aromatic rings. The maximum Gasteiger partial charge on any atom is 0.227 e. The summed E-state index contributed by atoms with van der Waals surface area (Å²) in [6, 6.07) is 5.92. The zero-order chi connectivity index (χ0) is 18.7. The lowest BCUT2D eigenvalue weighted by molar-refractivity contribution is -0.145. The molecule has 2 fully saturated rings. The Labute approximate surface area is 156 Å².